The molecule has 7 nitrogen and oxygen atoms in total. The van der Waals surface area contributed by atoms with Gasteiger partial charge in [0.15, 0.2) is 12.4 Å². The van der Waals surface area contributed by atoms with Crippen molar-refractivity contribution in [2.24, 2.45) is 0 Å². The van der Waals surface area contributed by atoms with E-state index in [0.29, 0.717) is 11.3 Å². The van der Waals surface area contributed by atoms with E-state index in [1.807, 2.05) is 41.8 Å². The third-order valence-electron chi connectivity index (χ3n) is 4.24. The van der Waals surface area contributed by atoms with Gasteiger partial charge in [-0.25, -0.2) is 9.78 Å². The van der Waals surface area contributed by atoms with Crippen LogP contribution in [-0.4, -0.2) is 21.1 Å². The second-order valence-electron chi connectivity index (χ2n) is 6.12. The van der Waals surface area contributed by atoms with Gasteiger partial charge in [-0.1, -0.05) is 29.4 Å². The number of benzene rings is 1. The van der Waals surface area contributed by atoms with E-state index >= 15 is 0 Å². The SMILES string of the molecule is O=C(OCc1noc(-c2ccco2)n1)c1cc(-c2cccs2)nc2ccccc12. The predicted octanol–water partition coefficient (Wildman–Crippen LogP) is 4.96. The zero-order chi connectivity index (χ0) is 19.6. The number of hydrogen-bond donors (Lipinski definition) is 0. The summed E-state index contributed by atoms with van der Waals surface area (Å²) in [6.45, 7) is -0.117. The van der Waals surface area contributed by atoms with Crippen molar-refractivity contribution in [3.8, 4) is 22.2 Å². The van der Waals surface area contributed by atoms with Crippen molar-refractivity contribution < 1.29 is 18.5 Å². The first kappa shape index (κ1) is 17.3. The fourth-order valence-corrected chi connectivity index (χ4v) is 3.60. The van der Waals surface area contributed by atoms with E-state index in [2.05, 4.69) is 15.1 Å². The number of carbonyl (C=O) groups is 1. The number of para-hydroxylation sites is 1. The monoisotopic (exact) mass is 403 g/mol. The van der Waals surface area contributed by atoms with Crippen LogP contribution in [0.15, 0.2) is 75.2 Å². The first-order valence-corrected chi connectivity index (χ1v) is 9.63. The first-order chi connectivity index (χ1) is 14.3. The van der Waals surface area contributed by atoms with Gasteiger partial charge in [-0.15, -0.1) is 11.3 Å². The normalized spacial score (nSPS) is 11.0. The number of rotatable bonds is 5. The number of carbonyl (C=O) groups excluding carboxylic acids is 1. The number of pyridine rings is 1. The topological polar surface area (TPSA) is 91.2 Å². The molecule has 0 N–H and O–H groups in total. The van der Waals surface area contributed by atoms with Crippen molar-refractivity contribution in [1.29, 1.82) is 0 Å². The number of fused-ring (bicyclic) bond motifs is 1. The smallest absolute Gasteiger partial charge is 0.339 e. The quantitative estimate of drug-likeness (QED) is 0.383. The molecule has 0 unspecified atom stereocenters. The molecule has 4 aromatic heterocycles. The van der Waals surface area contributed by atoms with Crippen LogP contribution in [0, 0.1) is 0 Å². The van der Waals surface area contributed by atoms with Gasteiger partial charge in [-0.05, 0) is 35.7 Å². The highest BCUT2D eigenvalue weighted by molar-refractivity contribution is 7.13. The molecule has 0 aliphatic rings. The van der Waals surface area contributed by atoms with Crippen molar-refractivity contribution >= 4 is 28.2 Å². The molecule has 142 valence electrons. The third-order valence-corrected chi connectivity index (χ3v) is 5.13. The van der Waals surface area contributed by atoms with Crippen LogP contribution in [0.3, 0.4) is 0 Å². The number of ether oxygens (including phenoxy) is 1. The van der Waals surface area contributed by atoms with E-state index in [-0.39, 0.29) is 18.3 Å². The van der Waals surface area contributed by atoms with Crippen molar-refractivity contribution in [1.82, 2.24) is 15.1 Å². The largest absolute Gasteiger partial charge is 0.459 e. The number of thiophene rings is 1. The second kappa shape index (κ2) is 7.33. The molecule has 0 saturated carbocycles. The number of esters is 1. The Bertz CT molecular complexity index is 1280. The van der Waals surface area contributed by atoms with E-state index in [1.165, 1.54) is 6.26 Å². The lowest BCUT2D eigenvalue weighted by Gasteiger charge is -2.08. The van der Waals surface area contributed by atoms with Crippen LogP contribution in [0.4, 0.5) is 0 Å². The van der Waals surface area contributed by atoms with Gasteiger partial charge in [0, 0.05) is 5.39 Å². The predicted molar refractivity (Wildman–Crippen MR) is 106 cm³/mol. The van der Waals surface area contributed by atoms with Crippen LogP contribution in [0.25, 0.3) is 33.1 Å². The van der Waals surface area contributed by atoms with Gasteiger partial charge in [0.2, 0.25) is 5.82 Å². The molecule has 0 amide bonds. The van der Waals surface area contributed by atoms with Gasteiger partial charge in [0.1, 0.15) is 0 Å². The van der Waals surface area contributed by atoms with Crippen molar-refractivity contribution in [2.45, 2.75) is 6.61 Å². The molecule has 0 radical (unpaired) electrons. The molecule has 29 heavy (non-hydrogen) atoms. The molecular weight excluding hydrogens is 390 g/mol. The van der Waals surface area contributed by atoms with Crippen LogP contribution >= 0.6 is 11.3 Å². The van der Waals surface area contributed by atoms with Crippen molar-refractivity contribution in [3.05, 3.63) is 77.6 Å². The minimum atomic E-state index is -0.481. The molecule has 5 aromatic rings. The van der Waals surface area contributed by atoms with Gasteiger partial charge >= 0.3 is 5.97 Å². The van der Waals surface area contributed by atoms with Gasteiger partial charge in [0.05, 0.1) is 27.9 Å². The Labute approximate surface area is 168 Å². The highest BCUT2D eigenvalue weighted by atomic mass is 32.1. The summed E-state index contributed by atoms with van der Waals surface area (Å²) in [5.74, 6) is 0.457. The summed E-state index contributed by atoms with van der Waals surface area (Å²) in [6, 6.07) is 16.6. The van der Waals surface area contributed by atoms with E-state index in [4.69, 9.17) is 13.7 Å². The Morgan fingerprint density at radius 1 is 1.07 bits per heavy atom. The van der Waals surface area contributed by atoms with Crippen LogP contribution in [0.1, 0.15) is 16.2 Å². The van der Waals surface area contributed by atoms with Crippen LogP contribution < -0.4 is 0 Å². The first-order valence-electron chi connectivity index (χ1n) is 8.75. The molecule has 0 saturated heterocycles. The van der Waals surface area contributed by atoms with E-state index in [9.17, 15) is 4.79 Å². The number of nitrogens with zero attached hydrogens (tertiary/aromatic N) is 3. The second-order valence-corrected chi connectivity index (χ2v) is 7.07. The molecule has 0 aliphatic heterocycles. The van der Waals surface area contributed by atoms with Gasteiger partial charge in [0.25, 0.3) is 5.89 Å². The van der Waals surface area contributed by atoms with E-state index < -0.39 is 5.97 Å². The molecule has 0 aliphatic carbocycles. The Hall–Kier alpha value is -3.78. The summed E-state index contributed by atoms with van der Waals surface area (Å²) >= 11 is 1.56. The Balaban J connectivity index is 1.42. The van der Waals surface area contributed by atoms with E-state index in [1.54, 1.807) is 29.5 Å². The average Bonchev–Trinajstić information content (AvgIpc) is 3.53. The van der Waals surface area contributed by atoms with Crippen molar-refractivity contribution in [3.63, 3.8) is 0 Å². The summed E-state index contributed by atoms with van der Waals surface area (Å²) in [7, 11) is 0. The maximum absolute atomic E-state index is 12.8. The fraction of sp³-hybridized carbons (Fsp3) is 0.0476. The Morgan fingerprint density at radius 3 is 2.83 bits per heavy atom. The minimum absolute atomic E-state index is 0.117. The molecular formula is C21H13N3O4S. The Morgan fingerprint density at radius 2 is 2.00 bits per heavy atom. The average molecular weight is 403 g/mol. The van der Waals surface area contributed by atoms with Gasteiger partial charge in [-0.3, -0.25) is 0 Å². The molecule has 1 aromatic carbocycles. The maximum Gasteiger partial charge on any atom is 0.339 e. The molecule has 0 spiro atoms. The third kappa shape index (κ3) is 3.41. The lowest BCUT2D eigenvalue weighted by atomic mass is 10.1. The summed E-state index contributed by atoms with van der Waals surface area (Å²) in [5.41, 5.74) is 1.89. The lowest BCUT2D eigenvalue weighted by Crippen LogP contribution is -2.07. The molecule has 0 bridgehead atoms. The van der Waals surface area contributed by atoms with Crippen molar-refractivity contribution in [2.75, 3.05) is 0 Å². The summed E-state index contributed by atoms with van der Waals surface area (Å²) in [6.07, 6.45) is 1.51. The van der Waals surface area contributed by atoms with Gasteiger partial charge < -0.3 is 13.7 Å². The minimum Gasteiger partial charge on any atom is -0.459 e. The van der Waals surface area contributed by atoms with Crippen LogP contribution in [-0.2, 0) is 11.3 Å². The maximum atomic E-state index is 12.8. The number of hydrogen-bond acceptors (Lipinski definition) is 8. The summed E-state index contributed by atoms with van der Waals surface area (Å²) < 4.78 is 15.8. The molecule has 5 rings (SSSR count). The molecule has 8 heteroatoms. The molecule has 0 atom stereocenters. The standard InChI is InChI=1S/C21H13N3O4S/c25-21(27-12-19-23-20(28-24-19)17-7-3-9-26-17)14-11-16(18-8-4-10-29-18)22-15-6-2-1-5-13(14)15/h1-11H,12H2. The summed E-state index contributed by atoms with van der Waals surface area (Å²) in [4.78, 5) is 22.7. The zero-order valence-electron chi connectivity index (χ0n) is 14.9. The Kier molecular flexibility index (Phi) is 4.38. The highest BCUT2D eigenvalue weighted by Crippen LogP contribution is 2.28. The zero-order valence-corrected chi connectivity index (χ0v) is 15.8. The van der Waals surface area contributed by atoms with Gasteiger partial charge in [-0.2, -0.15) is 4.98 Å². The molecule has 4 heterocycles. The fourth-order valence-electron chi connectivity index (χ4n) is 2.92. The lowest BCUT2D eigenvalue weighted by molar-refractivity contribution is 0.0462. The number of aromatic nitrogens is 3. The molecule has 0 fully saturated rings. The van der Waals surface area contributed by atoms with Crippen LogP contribution in [0.5, 0.6) is 0 Å². The van der Waals surface area contributed by atoms with Crippen LogP contribution in [0.2, 0.25) is 0 Å². The van der Waals surface area contributed by atoms with E-state index in [0.717, 1.165) is 21.5 Å². The number of furan rings is 1. The summed E-state index contributed by atoms with van der Waals surface area (Å²) in [5, 5.41) is 6.52. The highest BCUT2D eigenvalue weighted by Gasteiger charge is 2.17.